The summed E-state index contributed by atoms with van der Waals surface area (Å²) in [5.41, 5.74) is 0.683. The number of rotatable bonds is 5. The van der Waals surface area contributed by atoms with E-state index in [0.717, 1.165) is 16.3 Å². The minimum atomic E-state index is -4.59. The van der Waals surface area contributed by atoms with E-state index in [4.69, 9.17) is 23.2 Å². The van der Waals surface area contributed by atoms with E-state index in [1.165, 1.54) is 7.05 Å². The molecule has 1 heterocycles. The van der Waals surface area contributed by atoms with Crippen molar-refractivity contribution in [1.29, 1.82) is 0 Å². The van der Waals surface area contributed by atoms with Crippen LogP contribution in [0.15, 0.2) is 23.4 Å². The van der Waals surface area contributed by atoms with E-state index in [9.17, 15) is 18.0 Å². The lowest BCUT2D eigenvalue weighted by Crippen LogP contribution is -2.28. The third-order valence-electron chi connectivity index (χ3n) is 3.23. The van der Waals surface area contributed by atoms with E-state index in [1.54, 1.807) is 25.1 Å². The summed E-state index contributed by atoms with van der Waals surface area (Å²) in [6.45, 7) is 1.74. The van der Waals surface area contributed by atoms with Gasteiger partial charge in [-0.25, -0.2) is 0 Å². The average Bonchev–Trinajstić information content (AvgIpc) is 2.86. The molecule has 0 unspecified atom stereocenters. The zero-order chi connectivity index (χ0) is 18.8. The predicted octanol–water partition coefficient (Wildman–Crippen LogP) is 4.11. The first kappa shape index (κ1) is 19.9. The molecule has 0 bridgehead atoms. The van der Waals surface area contributed by atoms with E-state index in [0.29, 0.717) is 15.6 Å². The van der Waals surface area contributed by atoms with Crippen molar-refractivity contribution >= 4 is 40.9 Å². The monoisotopic (exact) mass is 412 g/mol. The Labute approximate surface area is 155 Å². The Bertz CT molecular complexity index is 782. The molecule has 0 aliphatic carbocycles. The topological polar surface area (TPSA) is 59.8 Å². The summed E-state index contributed by atoms with van der Waals surface area (Å²) < 4.78 is 38.8. The van der Waals surface area contributed by atoms with Crippen LogP contribution < -0.4 is 5.32 Å². The number of alkyl halides is 3. The number of hydrogen-bond acceptors (Lipinski definition) is 4. The van der Waals surface area contributed by atoms with Crippen molar-refractivity contribution in [2.75, 3.05) is 5.75 Å². The van der Waals surface area contributed by atoms with Gasteiger partial charge in [-0.2, -0.15) is 13.2 Å². The molecule has 2 aromatic rings. The number of benzene rings is 1. The molecule has 5 nitrogen and oxygen atoms in total. The molecule has 1 aromatic heterocycles. The van der Waals surface area contributed by atoms with Crippen LogP contribution >= 0.6 is 35.0 Å². The lowest BCUT2D eigenvalue weighted by atomic mass is 10.1. The smallest absolute Gasteiger partial charge is 0.349 e. The second-order valence-electron chi connectivity index (χ2n) is 5.11. The lowest BCUT2D eigenvalue weighted by molar-refractivity contribution is -0.147. The number of carbonyl (C=O) groups excluding carboxylic acids is 1. The van der Waals surface area contributed by atoms with Crippen molar-refractivity contribution in [2.24, 2.45) is 7.05 Å². The van der Waals surface area contributed by atoms with E-state index in [2.05, 4.69) is 15.5 Å². The van der Waals surface area contributed by atoms with Gasteiger partial charge >= 0.3 is 6.18 Å². The molecule has 1 aromatic carbocycles. The highest BCUT2D eigenvalue weighted by Gasteiger charge is 2.37. The molecule has 0 aliphatic rings. The van der Waals surface area contributed by atoms with Gasteiger partial charge in [0.05, 0.1) is 11.8 Å². The number of hydrogen-bond donors (Lipinski definition) is 1. The predicted molar refractivity (Wildman–Crippen MR) is 89.7 cm³/mol. The van der Waals surface area contributed by atoms with E-state index < -0.39 is 12.0 Å². The fraction of sp³-hybridized carbons (Fsp3) is 0.357. The Morgan fingerprint density at radius 2 is 2.04 bits per heavy atom. The van der Waals surface area contributed by atoms with E-state index >= 15 is 0 Å². The number of halogens is 5. The summed E-state index contributed by atoms with van der Waals surface area (Å²) in [6.07, 6.45) is -4.59. The van der Waals surface area contributed by atoms with Crippen LogP contribution in [0.2, 0.25) is 10.0 Å². The standard InChI is InChI=1S/C14H13Cl2F3N4OS/c1-7(9-4-3-8(15)5-10(9)16)20-11(24)6-25-13-22-21-12(23(13)2)14(17,18)19/h3-5,7H,6H2,1-2H3,(H,20,24)/t7-/m0/s1. The minimum absolute atomic E-state index is 0.000321. The maximum atomic E-state index is 12.7. The Morgan fingerprint density at radius 3 is 2.60 bits per heavy atom. The number of aromatic nitrogens is 3. The van der Waals surface area contributed by atoms with Crippen LogP contribution in [0, 0.1) is 0 Å². The van der Waals surface area contributed by atoms with Gasteiger partial charge < -0.3 is 9.88 Å². The molecule has 136 valence electrons. The number of amides is 1. The average molecular weight is 413 g/mol. The fourth-order valence-electron chi connectivity index (χ4n) is 2.03. The summed E-state index contributed by atoms with van der Waals surface area (Å²) in [4.78, 5) is 12.0. The summed E-state index contributed by atoms with van der Waals surface area (Å²) >= 11 is 12.8. The van der Waals surface area contributed by atoms with Crippen molar-refractivity contribution in [1.82, 2.24) is 20.1 Å². The molecular formula is C14H13Cl2F3N4OS. The normalized spacial score (nSPS) is 12.9. The van der Waals surface area contributed by atoms with Gasteiger partial charge in [0.15, 0.2) is 5.16 Å². The molecule has 1 N–H and O–H groups in total. The van der Waals surface area contributed by atoms with Gasteiger partial charge in [0.2, 0.25) is 11.7 Å². The number of nitrogens with zero attached hydrogens (tertiary/aromatic N) is 3. The second-order valence-corrected chi connectivity index (χ2v) is 6.89. The molecule has 2 rings (SSSR count). The van der Waals surface area contributed by atoms with E-state index in [-0.39, 0.29) is 22.9 Å². The highest BCUT2D eigenvalue weighted by Crippen LogP contribution is 2.30. The van der Waals surface area contributed by atoms with Gasteiger partial charge in [-0.1, -0.05) is 41.0 Å². The van der Waals surface area contributed by atoms with Crippen LogP contribution in [0.3, 0.4) is 0 Å². The second kappa shape index (κ2) is 7.84. The summed E-state index contributed by atoms with van der Waals surface area (Å²) in [5, 5.41) is 10.2. The van der Waals surface area contributed by atoms with Crippen LogP contribution in [0.5, 0.6) is 0 Å². The van der Waals surface area contributed by atoms with Gasteiger partial charge in [0.1, 0.15) is 0 Å². The Morgan fingerprint density at radius 1 is 1.36 bits per heavy atom. The van der Waals surface area contributed by atoms with Crippen LogP contribution in [0.1, 0.15) is 24.4 Å². The maximum absolute atomic E-state index is 12.7. The summed E-state index contributed by atoms with van der Waals surface area (Å²) in [6, 6.07) is 4.52. The quantitative estimate of drug-likeness (QED) is 0.750. The third-order valence-corrected chi connectivity index (χ3v) is 4.81. The number of nitrogens with one attached hydrogen (secondary N) is 1. The number of carbonyl (C=O) groups is 1. The highest BCUT2D eigenvalue weighted by atomic mass is 35.5. The molecule has 0 radical (unpaired) electrons. The molecule has 11 heteroatoms. The van der Waals surface area contributed by atoms with Gasteiger partial charge in [-0.05, 0) is 24.6 Å². The molecule has 25 heavy (non-hydrogen) atoms. The van der Waals surface area contributed by atoms with Crippen molar-refractivity contribution in [3.8, 4) is 0 Å². The van der Waals surface area contributed by atoms with E-state index in [1.807, 2.05) is 0 Å². The third kappa shape index (κ3) is 5.02. The summed E-state index contributed by atoms with van der Waals surface area (Å²) in [5.74, 6) is -1.60. The molecule has 0 fully saturated rings. The Balaban J connectivity index is 1.96. The molecule has 0 aliphatic heterocycles. The molecule has 0 saturated heterocycles. The maximum Gasteiger partial charge on any atom is 0.451 e. The van der Waals surface area contributed by atoms with Gasteiger partial charge in [-0.15, -0.1) is 10.2 Å². The molecule has 1 amide bonds. The van der Waals surface area contributed by atoms with Crippen molar-refractivity contribution in [3.63, 3.8) is 0 Å². The molecule has 0 spiro atoms. The summed E-state index contributed by atoms with van der Waals surface area (Å²) in [7, 11) is 1.19. The Hall–Kier alpha value is -1.45. The van der Waals surface area contributed by atoms with Gasteiger partial charge in [0.25, 0.3) is 0 Å². The number of thioether (sulfide) groups is 1. The first-order valence-electron chi connectivity index (χ1n) is 6.93. The first-order valence-corrected chi connectivity index (χ1v) is 8.67. The highest BCUT2D eigenvalue weighted by molar-refractivity contribution is 7.99. The SMILES string of the molecule is C[C@H](NC(=O)CSc1nnc(C(F)(F)F)n1C)c1ccc(Cl)cc1Cl. The molecular weight excluding hydrogens is 400 g/mol. The molecule has 0 saturated carbocycles. The first-order chi connectivity index (χ1) is 11.6. The van der Waals surface area contributed by atoms with Crippen molar-refractivity contribution in [3.05, 3.63) is 39.6 Å². The zero-order valence-corrected chi connectivity index (χ0v) is 15.4. The van der Waals surface area contributed by atoms with Crippen molar-refractivity contribution in [2.45, 2.75) is 24.3 Å². The fourth-order valence-corrected chi connectivity index (χ4v) is 3.33. The van der Waals surface area contributed by atoms with Crippen LogP contribution in [-0.2, 0) is 18.0 Å². The minimum Gasteiger partial charge on any atom is -0.349 e. The molecule has 1 atom stereocenters. The van der Waals surface area contributed by atoms with Gasteiger partial charge in [-0.3, -0.25) is 4.79 Å². The van der Waals surface area contributed by atoms with Crippen LogP contribution in [0.25, 0.3) is 0 Å². The van der Waals surface area contributed by atoms with Crippen LogP contribution in [0.4, 0.5) is 13.2 Å². The lowest BCUT2D eigenvalue weighted by Gasteiger charge is -2.15. The Kier molecular flexibility index (Phi) is 6.23. The van der Waals surface area contributed by atoms with Crippen LogP contribution in [-0.4, -0.2) is 26.4 Å². The van der Waals surface area contributed by atoms with Gasteiger partial charge in [0, 0.05) is 17.1 Å². The zero-order valence-electron chi connectivity index (χ0n) is 13.1. The van der Waals surface area contributed by atoms with Crippen molar-refractivity contribution < 1.29 is 18.0 Å². The largest absolute Gasteiger partial charge is 0.451 e.